The number of carbonyl (C=O) groups is 2. The van der Waals surface area contributed by atoms with Crippen LogP contribution in [0.15, 0.2) is 29.1 Å². The summed E-state index contributed by atoms with van der Waals surface area (Å²) < 4.78 is 6.65. The minimum Gasteiger partial charge on any atom is -0.496 e. The van der Waals surface area contributed by atoms with Gasteiger partial charge >= 0.3 is 0 Å². The molecule has 3 aromatic rings. The molecule has 10 heteroatoms. The van der Waals surface area contributed by atoms with E-state index in [2.05, 4.69) is 10.1 Å². The highest BCUT2D eigenvalue weighted by molar-refractivity contribution is 7.17. The van der Waals surface area contributed by atoms with Crippen LogP contribution < -0.4 is 10.3 Å². The largest absolute Gasteiger partial charge is 0.496 e. The first-order valence-electron chi connectivity index (χ1n) is 11.5. The number of benzene rings is 1. The molecule has 0 atom stereocenters. The van der Waals surface area contributed by atoms with Crippen LogP contribution in [0.4, 0.5) is 0 Å². The number of rotatable bonds is 4. The Morgan fingerprint density at radius 1 is 0.971 bits per heavy atom. The minimum atomic E-state index is -0.235. The maximum absolute atomic E-state index is 13.4. The summed E-state index contributed by atoms with van der Waals surface area (Å²) in [5.74, 6) is 0.306. The van der Waals surface area contributed by atoms with Crippen LogP contribution in [-0.4, -0.2) is 69.7 Å². The second-order valence-electron chi connectivity index (χ2n) is 8.59. The van der Waals surface area contributed by atoms with Gasteiger partial charge in [0, 0.05) is 33.2 Å². The molecule has 9 nitrogen and oxygen atoms in total. The monoisotopic (exact) mass is 495 g/mol. The Morgan fingerprint density at radius 3 is 2.31 bits per heavy atom. The lowest BCUT2D eigenvalue weighted by atomic mass is 10.1. The van der Waals surface area contributed by atoms with Crippen molar-refractivity contribution in [2.24, 2.45) is 7.05 Å². The average Bonchev–Trinajstić information content (AvgIpc) is 3.06. The van der Waals surface area contributed by atoms with Crippen molar-refractivity contribution in [3.63, 3.8) is 0 Å². The van der Waals surface area contributed by atoms with E-state index in [9.17, 15) is 14.4 Å². The van der Waals surface area contributed by atoms with Gasteiger partial charge in [-0.1, -0.05) is 12.1 Å². The van der Waals surface area contributed by atoms with E-state index >= 15 is 0 Å². The van der Waals surface area contributed by atoms with E-state index in [1.54, 1.807) is 43.0 Å². The topological polar surface area (TPSA) is 97.6 Å². The number of aryl methyl sites for hydroxylation is 3. The first-order chi connectivity index (χ1) is 16.7. The molecule has 0 aliphatic carbocycles. The van der Waals surface area contributed by atoms with Gasteiger partial charge in [-0.3, -0.25) is 14.4 Å². The molecule has 0 bridgehead atoms. The van der Waals surface area contributed by atoms with Crippen LogP contribution in [0.2, 0.25) is 0 Å². The number of hydrogen-bond acceptors (Lipinski definition) is 7. The molecule has 0 saturated carbocycles. The second-order valence-corrected chi connectivity index (χ2v) is 9.59. The molecule has 0 radical (unpaired) electrons. The highest BCUT2D eigenvalue weighted by Crippen LogP contribution is 2.30. The highest BCUT2D eigenvalue weighted by Gasteiger charge is 2.28. The van der Waals surface area contributed by atoms with Crippen LogP contribution in [-0.2, 0) is 7.05 Å². The Bertz CT molecular complexity index is 1350. The smallest absolute Gasteiger partial charge is 0.277 e. The van der Waals surface area contributed by atoms with Crippen LogP contribution in [0.3, 0.4) is 0 Å². The molecule has 1 fully saturated rings. The molecule has 1 aromatic carbocycles. The number of para-hydroxylation sites is 1. The quantitative estimate of drug-likeness (QED) is 0.552. The fourth-order valence-electron chi connectivity index (χ4n) is 4.26. The SMILES string of the molecule is COc1ccccc1C(=O)N1CCCN(C(=O)c2sc(-c3c(C)c(C)nn(C)c3=O)nc2C)CC1. The fourth-order valence-corrected chi connectivity index (χ4v) is 5.39. The number of amides is 2. The highest BCUT2D eigenvalue weighted by atomic mass is 32.1. The molecule has 1 aliphatic rings. The molecule has 2 amide bonds. The van der Waals surface area contributed by atoms with Crippen LogP contribution in [0.5, 0.6) is 5.75 Å². The summed E-state index contributed by atoms with van der Waals surface area (Å²) in [7, 11) is 3.16. The molecule has 35 heavy (non-hydrogen) atoms. The number of nitrogens with zero attached hydrogens (tertiary/aromatic N) is 5. The minimum absolute atomic E-state index is 0.104. The van der Waals surface area contributed by atoms with Crippen molar-refractivity contribution in [3.05, 3.63) is 62.0 Å². The van der Waals surface area contributed by atoms with E-state index in [1.165, 1.54) is 16.0 Å². The summed E-state index contributed by atoms with van der Waals surface area (Å²) in [6.45, 7) is 7.42. The van der Waals surface area contributed by atoms with E-state index in [4.69, 9.17) is 4.74 Å². The number of carbonyl (C=O) groups excluding carboxylic acids is 2. The van der Waals surface area contributed by atoms with Gasteiger partial charge in [0.15, 0.2) is 0 Å². The molecule has 1 aliphatic heterocycles. The lowest BCUT2D eigenvalue weighted by Crippen LogP contribution is -2.37. The summed E-state index contributed by atoms with van der Waals surface area (Å²) >= 11 is 1.24. The summed E-state index contributed by atoms with van der Waals surface area (Å²) in [5, 5.41) is 4.75. The van der Waals surface area contributed by atoms with E-state index < -0.39 is 0 Å². The van der Waals surface area contributed by atoms with Crippen molar-refractivity contribution >= 4 is 23.2 Å². The van der Waals surface area contributed by atoms with E-state index in [1.807, 2.05) is 26.0 Å². The molecule has 0 unspecified atom stereocenters. The van der Waals surface area contributed by atoms with Crippen molar-refractivity contribution < 1.29 is 14.3 Å². The van der Waals surface area contributed by atoms with Gasteiger partial charge in [-0.15, -0.1) is 11.3 Å². The zero-order valence-corrected chi connectivity index (χ0v) is 21.4. The summed E-state index contributed by atoms with van der Waals surface area (Å²) in [5.41, 5.74) is 2.87. The van der Waals surface area contributed by atoms with Gasteiger partial charge in [0.1, 0.15) is 15.6 Å². The third kappa shape index (κ3) is 4.70. The summed E-state index contributed by atoms with van der Waals surface area (Å²) in [6.07, 6.45) is 0.667. The molecular formula is C25H29N5O4S. The number of thiazole rings is 1. The molecule has 1 saturated heterocycles. The zero-order valence-electron chi connectivity index (χ0n) is 20.6. The lowest BCUT2D eigenvalue weighted by molar-refractivity contribution is 0.0718. The van der Waals surface area contributed by atoms with Crippen molar-refractivity contribution in [2.75, 3.05) is 33.3 Å². The third-order valence-electron chi connectivity index (χ3n) is 6.34. The number of ether oxygens (including phenoxy) is 1. The van der Waals surface area contributed by atoms with Crippen LogP contribution >= 0.6 is 11.3 Å². The van der Waals surface area contributed by atoms with Crippen molar-refractivity contribution in [2.45, 2.75) is 27.2 Å². The van der Waals surface area contributed by atoms with Gasteiger partial charge in [0.05, 0.1) is 29.6 Å². The van der Waals surface area contributed by atoms with Crippen molar-refractivity contribution in [3.8, 4) is 16.3 Å². The molecule has 0 spiro atoms. The van der Waals surface area contributed by atoms with Crippen molar-refractivity contribution in [1.29, 1.82) is 0 Å². The van der Waals surface area contributed by atoms with Gasteiger partial charge in [0.25, 0.3) is 17.4 Å². The molecule has 0 N–H and O–H groups in total. The molecular weight excluding hydrogens is 466 g/mol. The Morgan fingerprint density at radius 2 is 1.63 bits per heavy atom. The maximum Gasteiger partial charge on any atom is 0.277 e. The van der Waals surface area contributed by atoms with E-state index in [0.29, 0.717) is 65.1 Å². The number of hydrogen-bond donors (Lipinski definition) is 0. The number of aromatic nitrogens is 3. The third-order valence-corrected chi connectivity index (χ3v) is 7.50. The summed E-state index contributed by atoms with van der Waals surface area (Å²) in [4.78, 5) is 47.9. The predicted octanol–water partition coefficient (Wildman–Crippen LogP) is 2.83. The van der Waals surface area contributed by atoms with Crippen LogP contribution in [0.1, 0.15) is 43.4 Å². The van der Waals surface area contributed by atoms with Gasteiger partial charge in [-0.25, -0.2) is 9.67 Å². The van der Waals surface area contributed by atoms with E-state index in [0.717, 1.165) is 11.3 Å². The van der Waals surface area contributed by atoms with Crippen molar-refractivity contribution in [1.82, 2.24) is 24.6 Å². The van der Waals surface area contributed by atoms with Crippen LogP contribution in [0, 0.1) is 20.8 Å². The van der Waals surface area contributed by atoms with E-state index in [-0.39, 0.29) is 17.4 Å². The number of methoxy groups -OCH3 is 1. The first-order valence-corrected chi connectivity index (χ1v) is 12.3. The molecule has 2 aromatic heterocycles. The maximum atomic E-state index is 13.4. The summed E-state index contributed by atoms with van der Waals surface area (Å²) in [6, 6.07) is 7.16. The Labute approximate surface area is 208 Å². The molecule has 3 heterocycles. The van der Waals surface area contributed by atoms with Gasteiger partial charge in [-0.05, 0) is 44.9 Å². The second kappa shape index (κ2) is 9.99. The Balaban J connectivity index is 1.54. The molecule has 4 rings (SSSR count). The average molecular weight is 496 g/mol. The van der Waals surface area contributed by atoms with Gasteiger partial charge in [0.2, 0.25) is 0 Å². The van der Waals surface area contributed by atoms with Gasteiger partial charge < -0.3 is 14.5 Å². The normalized spacial score (nSPS) is 14.1. The Hall–Kier alpha value is -3.53. The fraction of sp³-hybridized carbons (Fsp3) is 0.400. The van der Waals surface area contributed by atoms with Crippen LogP contribution in [0.25, 0.3) is 10.6 Å². The van der Waals surface area contributed by atoms with Gasteiger partial charge in [-0.2, -0.15) is 5.10 Å². The molecule has 184 valence electrons. The predicted molar refractivity (Wildman–Crippen MR) is 134 cm³/mol. The lowest BCUT2D eigenvalue weighted by Gasteiger charge is -2.22. The standard InChI is InChI=1S/C25H29N5O4S/c1-15-16(2)27-28(4)24(32)20(15)22-26-17(3)21(35-22)25(33)30-12-8-11-29(13-14-30)23(31)18-9-6-7-10-19(18)34-5/h6-7,9-10H,8,11-14H2,1-5H3. The first kappa shape index (κ1) is 24.6. The Kier molecular flexibility index (Phi) is 7.02. The zero-order chi connectivity index (χ0) is 25.3.